The molecule has 2 rings (SSSR count). The third kappa shape index (κ3) is 3.79. The Morgan fingerprint density at radius 2 is 2.14 bits per heavy atom. The van der Waals surface area contributed by atoms with Gasteiger partial charge in [-0.1, -0.05) is 6.07 Å². The normalized spacial score (nSPS) is 10.6. The van der Waals surface area contributed by atoms with Crippen molar-refractivity contribution in [3.8, 4) is 11.5 Å². The summed E-state index contributed by atoms with van der Waals surface area (Å²) < 4.78 is 17.9. The summed E-state index contributed by atoms with van der Waals surface area (Å²) in [7, 11) is 1.43. The molecule has 0 atom stereocenters. The Labute approximate surface area is 120 Å². The zero-order valence-corrected chi connectivity index (χ0v) is 11.2. The second-order valence-electron chi connectivity index (χ2n) is 4.14. The lowest BCUT2D eigenvalue weighted by molar-refractivity contribution is 0.0954. The van der Waals surface area contributed by atoms with E-state index >= 15 is 0 Å². The first-order chi connectivity index (χ1) is 10.1. The molecule has 0 saturated heterocycles. The molecule has 2 N–H and O–H groups in total. The van der Waals surface area contributed by atoms with E-state index in [0.717, 1.165) is 6.07 Å². The van der Waals surface area contributed by atoms with Gasteiger partial charge in [-0.15, -0.1) is 0 Å². The number of methoxy groups -OCH3 is 1. The molecular formula is C15H13FN2O3. The van der Waals surface area contributed by atoms with Gasteiger partial charge in [-0.25, -0.2) is 9.82 Å². The Kier molecular flexibility index (Phi) is 4.50. The number of benzene rings is 2. The first kappa shape index (κ1) is 14.5. The van der Waals surface area contributed by atoms with Gasteiger partial charge in [0.2, 0.25) is 0 Å². The summed E-state index contributed by atoms with van der Waals surface area (Å²) in [5.74, 6) is -0.694. The standard InChI is InChI=1S/C15H13FN2O3/c1-21-14-7-10(5-6-13(14)19)9-17-18-15(20)11-3-2-4-12(16)8-11/h2-9,19H,1H3,(H,18,20)/b17-9+. The fourth-order valence-electron chi connectivity index (χ4n) is 1.63. The Bertz CT molecular complexity index is 686. The van der Waals surface area contributed by atoms with E-state index in [4.69, 9.17) is 4.74 Å². The van der Waals surface area contributed by atoms with Gasteiger partial charge in [0.1, 0.15) is 5.82 Å². The van der Waals surface area contributed by atoms with Crippen molar-refractivity contribution in [1.29, 1.82) is 0 Å². The van der Waals surface area contributed by atoms with Crippen LogP contribution < -0.4 is 10.2 Å². The fourth-order valence-corrected chi connectivity index (χ4v) is 1.63. The first-order valence-electron chi connectivity index (χ1n) is 6.06. The quantitative estimate of drug-likeness (QED) is 0.670. The van der Waals surface area contributed by atoms with E-state index in [9.17, 15) is 14.3 Å². The summed E-state index contributed by atoms with van der Waals surface area (Å²) >= 11 is 0. The van der Waals surface area contributed by atoms with E-state index in [1.165, 1.54) is 37.6 Å². The molecule has 21 heavy (non-hydrogen) atoms. The second-order valence-corrected chi connectivity index (χ2v) is 4.14. The molecule has 0 spiro atoms. The minimum absolute atomic E-state index is 0.0125. The minimum atomic E-state index is -0.517. The lowest BCUT2D eigenvalue weighted by Gasteiger charge is -2.03. The number of rotatable bonds is 4. The van der Waals surface area contributed by atoms with Crippen molar-refractivity contribution in [2.45, 2.75) is 0 Å². The van der Waals surface area contributed by atoms with Crippen LogP contribution in [0.4, 0.5) is 4.39 Å². The molecule has 0 bridgehead atoms. The topological polar surface area (TPSA) is 70.9 Å². The molecule has 0 fully saturated rings. The van der Waals surface area contributed by atoms with Crippen LogP contribution in [0, 0.1) is 5.82 Å². The van der Waals surface area contributed by atoms with Crippen LogP contribution in [-0.4, -0.2) is 24.3 Å². The van der Waals surface area contributed by atoms with Gasteiger partial charge in [-0.3, -0.25) is 4.79 Å². The number of phenolic OH excluding ortho intramolecular Hbond substituents is 1. The lowest BCUT2D eigenvalue weighted by Crippen LogP contribution is -2.17. The van der Waals surface area contributed by atoms with Crippen LogP contribution in [0.1, 0.15) is 15.9 Å². The van der Waals surface area contributed by atoms with Crippen molar-refractivity contribution < 1.29 is 19.0 Å². The van der Waals surface area contributed by atoms with E-state index < -0.39 is 11.7 Å². The number of nitrogens with zero attached hydrogens (tertiary/aromatic N) is 1. The van der Waals surface area contributed by atoms with Crippen LogP contribution in [-0.2, 0) is 0 Å². The number of phenols is 1. The first-order valence-corrected chi connectivity index (χ1v) is 6.06. The zero-order chi connectivity index (χ0) is 15.2. The van der Waals surface area contributed by atoms with E-state index in [2.05, 4.69) is 10.5 Å². The molecule has 1 amide bonds. The monoisotopic (exact) mass is 288 g/mol. The van der Waals surface area contributed by atoms with Gasteiger partial charge in [-0.05, 0) is 42.0 Å². The summed E-state index contributed by atoms with van der Waals surface area (Å²) in [4.78, 5) is 11.7. The van der Waals surface area contributed by atoms with E-state index in [1.807, 2.05) is 0 Å². The minimum Gasteiger partial charge on any atom is -0.504 e. The SMILES string of the molecule is COc1cc(/C=N/NC(=O)c2cccc(F)c2)ccc1O. The Morgan fingerprint density at radius 1 is 1.33 bits per heavy atom. The third-order valence-electron chi connectivity index (χ3n) is 2.67. The number of ether oxygens (including phenoxy) is 1. The van der Waals surface area contributed by atoms with Gasteiger partial charge in [0.05, 0.1) is 13.3 Å². The van der Waals surface area contributed by atoms with Crippen molar-refractivity contribution in [1.82, 2.24) is 5.43 Å². The molecule has 2 aromatic rings. The highest BCUT2D eigenvalue weighted by Crippen LogP contribution is 2.25. The molecule has 2 aromatic carbocycles. The highest BCUT2D eigenvalue weighted by Gasteiger charge is 2.05. The number of nitrogens with one attached hydrogen (secondary N) is 1. The molecular weight excluding hydrogens is 275 g/mol. The van der Waals surface area contributed by atoms with E-state index in [0.29, 0.717) is 11.3 Å². The van der Waals surface area contributed by atoms with Gasteiger partial charge in [0, 0.05) is 5.56 Å². The third-order valence-corrected chi connectivity index (χ3v) is 2.67. The maximum atomic E-state index is 13.0. The maximum Gasteiger partial charge on any atom is 0.271 e. The molecule has 0 saturated carbocycles. The number of hydrogen-bond acceptors (Lipinski definition) is 4. The molecule has 0 aliphatic rings. The molecule has 108 valence electrons. The predicted molar refractivity (Wildman–Crippen MR) is 76.1 cm³/mol. The van der Waals surface area contributed by atoms with Crippen molar-refractivity contribution >= 4 is 12.1 Å². The largest absolute Gasteiger partial charge is 0.504 e. The number of amides is 1. The van der Waals surface area contributed by atoms with Crippen LogP contribution in [0.25, 0.3) is 0 Å². The molecule has 0 unspecified atom stereocenters. The van der Waals surface area contributed by atoms with Gasteiger partial charge in [-0.2, -0.15) is 5.10 Å². The van der Waals surface area contributed by atoms with Crippen LogP contribution in [0.5, 0.6) is 11.5 Å². The number of halogens is 1. The zero-order valence-electron chi connectivity index (χ0n) is 11.2. The molecule has 6 heteroatoms. The summed E-state index contributed by atoms with van der Waals surface area (Å²) in [6, 6.07) is 9.92. The highest BCUT2D eigenvalue weighted by atomic mass is 19.1. The fraction of sp³-hybridized carbons (Fsp3) is 0.0667. The molecule has 5 nitrogen and oxygen atoms in total. The van der Waals surface area contributed by atoms with Crippen molar-refractivity contribution in [3.05, 3.63) is 59.4 Å². The molecule has 0 radical (unpaired) electrons. The Hall–Kier alpha value is -2.89. The highest BCUT2D eigenvalue weighted by molar-refractivity contribution is 5.94. The predicted octanol–water partition coefficient (Wildman–Crippen LogP) is 2.30. The Morgan fingerprint density at radius 3 is 2.86 bits per heavy atom. The van der Waals surface area contributed by atoms with Crippen LogP contribution in [0.3, 0.4) is 0 Å². The van der Waals surface area contributed by atoms with Crippen molar-refractivity contribution in [3.63, 3.8) is 0 Å². The van der Waals surface area contributed by atoms with E-state index in [1.54, 1.807) is 12.1 Å². The number of carbonyl (C=O) groups excluding carboxylic acids is 1. The molecule has 0 aromatic heterocycles. The molecule has 0 heterocycles. The maximum absolute atomic E-state index is 13.0. The van der Waals surface area contributed by atoms with Crippen LogP contribution in [0.15, 0.2) is 47.6 Å². The van der Waals surface area contributed by atoms with Gasteiger partial charge in [0.15, 0.2) is 11.5 Å². The number of hydrogen-bond donors (Lipinski definition) is 2. The summed E-state index contributed by atoms with van der Waals surface area (Å²) in [5, 5.41) is 13.2. The smallest absolute Gasteiger partial charge is 0.271 e. The van der Waals surface area contributed by atoms with Crippen molar-refractivity contribution in [2.75, 3.05) is 7.11 Å². The van der Waals surface area contributed by atoms with Gasteiger partial charge < -0.3 is 9.84 Å². The van der Waals surface area contributed by atoms with Crippen molar-refractivity contribution in [2.24, 2.45) is 5.10 Å². The number of aromatic hydroxyl groups is 1. The average molecular weight is 288 g/mol. The summed E-state index contributed by atoms with van der Waals surface area (Å²) in [6.07, 6.45) is 1.39. The Balaban J connectivity index is 2.04. The van der Waals surface area contributed by atoms with Crippen LogP contribution in [0.2, 0.25) is 0 Å². The van der Waals surface area contributed by atoms with Crippen LogP contribution >= 0.6 is 0 Å². The van der Waals surface area contributed by atoms with E-state index in [-0.39, 0.29) is 11.3 Å². The molecule has 0 aliphatic carbocycles. The number of hydrazone groups is 1. The number of carbonyl (C=O) groups is 1. The average Bonchev–Trinajstić information content (AvgIpc) is 2.48. The summed E-state index contributed by atoms with van der Waals surface area (Å²) in [5.41, 5.74) is 3.09. The molecule has 0 aliphatic heterocycles. The summed E-state index contributed by atoms with van der Waals surface area (Å²) in [6.45, 7) is 0. The van der Waals surface area contributed by atoms with Gasteiger partial charge >= 0.3 is 0 Å². The lowest BCUT2D eigenvalue weighted by atomic mass is 10.2. The second kappa shape index (κ2) is 6.51. The van der Waals surface area contributed by atoms with Gasteiger partial charge in [0.25, 0.3) is 5.91 Å².